The number of hydrogen-bond donors (Lipinski definition) is 3. The molecule has 2 aliphatic heterocycles. The Balaban J connectivity index is 1.41. The number of aliphatic imine (C=N–C) groups is 1. The zero-order chi connectivity index (χ0) is 21.3. The third-order valence-electron chi connectivity index (χ3n) is 6.34. The quantitative estimate of drug-likeness (QED) is 0.489. The van der Waals surface area contributed by atoms with Crippen molar-refractivity contribution in [2.45, 2.75) is 45.2 Å². The number of carbonyl (C=O) groups is 1. The van der Waals surface area contributed by atoms with Crippen molar-refractivity contribution in [2.24, 2.45) is 10.9 Å². The normalized spacial score (nSPS) is 19.6. The van der Waals surface area contributed by atoms with Gasteiger partial charge in [0.1, 0.15) is 0 Å². The molecule has 0 radical (unpaired) electrons. The number of hydrogen-bond acceptors (Lipinski definition) is 4. The van der Waals surface area contributed by atoms with Crippen molar-refractivity contribution in [2.75, 3.05) is 51.7 Å². The van der Waals surface area contributed by atoms with Crippen LogP contribution in [0.2, 0.25) is 0 Å². The van der Waals surface area contributed by atoms with Gasteiger partial charge < -0.3 is 20.9 Å². The van der Waals surface area contributed by atoms with Gasteiger partial charge in [-0.3, -0.25) is 14.7 Å². The summed E-state index contributed by atoms with van der Waals surface area (Å²) in [5, 5.41) is 9.67. The van der Waals surface area contributed by atoms with Crippen LogP contribution in [0.15, 0.2) is 29.3 Å². The predicted octanol–water partition coefficient (Wildman–Crippen LogP) is 1.80. The fraction of sp³-hybridized carbons (Fsp3) is 0.652. The summed E-state index contributed by atoms with van der Waals surface area (Å²) in [6.45, 7) is 7.78. The standard InChI is InChI=1S/C23H38N6O/c1-18-8-14-29(15-9-18)21-6-4-19(5-7-21)16-26-23(25-3)27-20-10-12-28(13-11-20)17-22(30)24-2/h4-7,18,20H,8-17H2,1-3H3,(H,24,30)(H2,25,26,27). The number of carbonyl (C=O) groups excluding carboxylic acids is 1. The molecule has 2 fully saturated rings. The van der Waals surface area contributed by atoms with Crippen LogP contribution in [0.3, 0.4) is 0 Å². The van der Waals surface area contributed by atoms with Crippen LogP contribution >= 0.6 is 0 Å². The van der Waals surface area contributed by atoms with Crippen LogP contribution in [-0.4, -0.2) is 69.6 Å². The highest BCUT2D eigenvalue weighted by molar-refractivity contribution is 5.80. The van der Waals surface area contributed by atoms with Crippen LogP contribution in [0, 0.1) is 5.92 Å². The number of nitrogens with zero attached hydrogens (tertiary/aromatic N) is 3. The fourth-order valence-electron chi connectivity index (χ4n) is 4.18. The monoisotopic (exact) mass is 414 g/mol. The topological polar surface area (TPSA) is 72.0 Å². The van der Waals surface area contributed by atoms with E-state index >= 15 is 0 Å². The number of nitrogens with one attached hydrogen (secondary N) is 3. The molecule has 1 aromatic rings. The second kappa shape index (κ2) is 11.2. The van der Waals surface area contributed by atoms with Gasteiger partial charge in [-0.1, -0.05) is 19.1 Å². The average molecular weight is 415 g/mol. The Hall–Kier alpha value is -2.28. The van der Waals surface area contributed by atoms with Crippen molar-refractivity contribution >= 4 is 17.6 Å². The molecule has 166 valence electrons. The van der Waals surface area contributed by atoms with E-state index in [9.17, 15) is 4.79 Å². The Kier molecular flexibility index (Phi) is 8.37. The molecule has 7 nitrogen and oxygen atoms in total. The lowest BCUT2D eigenvalue weighted by molar-refractivity contribution is -0.122. The van der Waals surface area contributed by atoms with E-state index in [0.29, 0.717) is 12.6 Å². The molecule has 0 aromatic heterocycles. The zero-order valence-electron chi connectivity index (χ0n) is 18.8. The van der Waals surface area contributed by atoms with Crippen LogP contribution in [0.5, 0.6) is 0 Å². The van der Waals surface area contributed by atoms with Gasteiger partial charge in [-0.15, -0.1) is 0 Å². The van der Waals surface area contributed by atoms with Crippen LogP contribution in [0.4, 0.5) is 5.69 Å². The van der Waals surface area contributed by atoms with Gasteiger partial charge in [0.15, 0.2) is 5.96 Å². The van der Waals surface area contributed by atoms with E-state index < -0.39 is 0 Å². The molecule has 0 atom stereocenters. The summed E-state index contributed by atoms with van der Waals surface area (Å²) in [5.74, 6) is 1.78. The minimum Gasteiger partial charge on any atom is -0.372 e. The Labute approximate surface area is 181 Å². The molecule has 7 heteroatoms. The lowest BCUT2D eigenvalue weighted by atomic mass is 9.99. The summed E-state index contributed by atoms with van der Waals surface area (Å²) >= 11 is 0. The van der Waals surface area contributed by atoms with Crippen LogP contribution in [0.25, 0.3) is 0 Å². The minimum absolute atomic E-state index is 0.0831. The maximum absolute atomic E-state index is 11.5. The van der Waals surface area contributed by atoms with Crippen molar-refractivity contribution in [1.82, 2.24) is 20.9 Å². The molecule has 2 saturated heterocycles. The summed E-state index contributed by atoms with van der Waals surface area (Å²) in [6, 6.07) is 9.30. The number of benzene rings is 1. The summed E-state index contributed by atoms with van der Waals surface area (Å²) < 4.78 is 0. The van der Waals surface area contributed by atoms with Crippen molar-refractivity contribution in [3.05, 3.63) is 29.8 Å². The number of amides is 1. The molecule has 1 amide bonds. The second-order valence-corrected chi connectivity index (χ2v) is 8.63. The van der Waals surface area contributed by atoms with Crippen molar-refractivity contribution < 1.29 is 4.79 Å². The van der Waals surface area contributed by atoms with Crippen molar-refractivity contribution in [3.8, 4) is 0 Å². The number of piperidine rings is 2. The molecule has 0 saturated carbocycles. The van der Waals surface area contributed by atoms with E-state index in [0.717, 1.165) is 57.4 Å². The van der Waals surface area contributed by atoms with E-state index in [1.54, 1.807) is 7.05 Å². The minimum atomic E-state index is 0.0831. The smallest absolute Gasteiger partial charge is 0.233 e. The molecular formula is C23H38N6O. The first-order valence-corrected chi connectivity index (χ1v) is 11.3. The maximum Gasteiger partial charge on any atom is 0.233 e. The van der Waals surface area contributed by atoms with Gasteiger partial charge in [-0.2, -0.15) is 0 Å². The summed E-state index contributed by atoms with van der Waals surface area (Å²) in [5.41, 5.74) is 2.59. The molecule has 0 spiro atoms. The first-order valence-electron chi connectivity index (χ1n) is 11.3. The Morgan fingerprint density at radius 2 is 1.73 bits per heavy atom. The highest BCUT2D eigenvalue weighted by atomic mass is 16.1. The van der Waals surface area contributed by atoms with Gasteiger partial charge in [0, 0.05) is 58.5 Å². The van der Waals surface area contributed by atoms with Gasteiger partial charge in [0.05, 0.1) is 6.54 Å². The summed E-state index contributed by atoms with van der Waals surface area (Å²) in [7, 11) is 3.50. The van der Waals surface area contributed by atoms with E-state index in [-0.39, 0.29) is 5.91 Å². The number of guanidine groups is 1. The third kappa shape index (κ3) is 6.62. The van der Waals surface area contributed by atoms with Crippen molar-refractivity contribution in [1.29, 1.82) is 0 Å². The SMILES string of the molecule is CN=C(NCc1ccc(N2CCC(C)CC2)cc1)NC1CCN(CC(=O)NC)CC1. The first kappa shape index (κ1) is 22.4. The van der Waals surface area contributed by atoms with Gasteiger partial charge in [0.25, 0.3) is 0 Å². The highest BCUT2D eigenvalue weighted by Gasteiger charge is 2.21. The largest absolute Gasteiger partial charge is 0.372 e. The van der Waals surface area contributed by atoms with E-state index in [2.05, 4.69) is 61.9 Å². The first-order chi connectivity index (χ1) is 14.6. The molecule has 1 aromatic carbocycles. The molecule has 2 heterocycles. The van der Waals surface area contributed by atoms with E-state index in [4.69, 9.17) is 0 Å². The van der Waals surface area contributed by atoms with Crippen LogP contribution in [0.1, 0.15) is 38.2 Å². The summed E-state index contributed by atoms with van der Waals surface area (Å²) in [6.07, 6.45) is 4.60. The molecule has 0 bridgehead atoms. The van der Waals surface area contributed by atoms with E-state index in [1.165, 1.54) is 24.1 Å². The molecule has 0 unspecified atom stereocenters. The molecular weight excluding hydrogens is 376 g/mol. The third-order valence-corrected chi connectivity index (χ3v) is 6.34. The number of anilines is 1. The van der Waals surface area contributed by atoms with Gasteiger partial charge in [-0.05, 0) is 49.3 Å². The fourth-order valence-corrected chi connectivity index (χ4v) is 4.18. The molecule has 30 heavy (non-hydrogen) atoms. The average Bonchev–Trinajstić information content (AvgIpc) is 2.78. The number of likely N-dealkylation sites (N-methyl/N-ethyl adjacent to an activating group) is 1. The molecule has 3 N–H and O–H groups in total. The zero-order valence-corrected chi connectivity index (χ0v) is 18.8. The lowest BCUT2D eigenvalue weighted by Crippen LogP contribution is -2.49. The van der Waals surface area contributed by atoms with Gasteiger partial charge >= 0.3 is 0 Å². The molecule has 3 rings (SSSR count). The number of rotatable bonds is 6. The lowest BCUT2D eigenvalue weighted by Gasteiger charge is -2.32. The maximum atomic E-state index is 11.5. The summed E-state index contributed by atoms with van der Waals surface area (Å²) in [4.78, 5) is 20.6. The Bertz CT molecular complexity index is 688. The van der Waals surface area contributed by atoms with Crippen LogP contribution < -0.4 is 20.9 Å². The highest BCUT2D eigenvalue weighted by Crippen LogP contribution is 2.23. The van der Waals surface area contributed by atoms with Crippen molar-refractivity contribution in [3.63, 3.8) is 0 Å². The second-order valence-electron chi connectivity index (χ2n) is 8.63. The Morgan fingerprint density at radius 3 is 2.33 bits per heavy atom. The van der Waals surface area contributed by atoms with Gasteiger partial charge in [0.2, 0.25) is 5.91 Å². The van der Waals surface area contributed by atoms with E-state index in [1.807, 2.05) is 7.05 Å². The predicted molar refractivity (Wildman–Crippen MR) is 124 cm³/mol. The van der Waals surface area contributed by atoms with Gasteiger partial charge in [-0.25, -0.2) is 0 Å². The molecule has 0 aliphatic carbocycles. The van der Waals surface area contributed by atoms with Crippen LogP contribution in [-0.2, 0) is 11.3 Å². The Morgan fingerprint density at radius 1 is 1.07 bits per heavy atom. The number of likely N-dealkylation sites (tertiary alicyclic amines) is 1. The molecule has 2 aliphatic rings.